The van der Waals surface area contributed by atoms with Gasteiger partial charge in [-0.2, -0.15) is 0 Å². The molecule has 0 amide bonds. The minimum absolute atomic E-state index is 0.0290. The third-order valence-electron chi connectivity index (χ3n) is 3.85. The standard InChI is InChI=1S/C17H11Cl2N3O2/c1-24-22-15-8-4-2-3-5-12(8)20-16(15)14-9-6-10(18)11(19)7-13(9)21-17(14)23/h2-7,21,23H,1H3. The molecule has 0 radical (unpaired) electrons. The third kappa shape index (κ3) is 2.17. The number of H-pyrrole nitrogens is 1. The van der Waals surface area contributed by atoms with Gasteiger partial charge in [0.2, 0.25) is 0 Å². The van der Waals surface area contributed by atoms with E-state index in [4.69, 9.17) is 28.0 Å². The van der Waals surface area contributed by atoms with Gasteiger partial charge in [0, 0.05) is 10.9 Å². The molecule has 0 spiro atoms. The van der Waals surface area contributed by atoms with Gasteiger partial charge >= 0.3 is 0 Å². The molecular formula is C17H11Cl2N3O2. The van der Waals surface area contributed by atoms with Crippen molar-refractivity contribution in [2.45, 2.75) is 0 Å². The number of aromatic nitrogens is 1. The van der Waals surface area contributed by atoms with Crippen molar-refractivity contribution in [2.75, 3.05) is 7.11 Å². The second kappa shape index (κ2) is 5.54. The van der Waals surface area contributed by atoms with E-state index in [0.29, 0.717) is 37.9 Å². The van der Waals surface area contributed by atoms with Crippen molar-refractivity contribution in [2.24, 2.45) is 10.1 Å². The van der Waals surface area contributed by atoms with Crippen molar-refractivity contribution >= 4 is 51.2 Å². The first-order valence-corrected chi connectivity index (χ1v) is 7.85. The number of aromatic amines is 1. The van der Waals surface area contributed by atoms with Crippen LogP contribution in [-0.4, -0.2) is 28.6 Å². The van der Waals surface area contributed by atoms with E-state index in [1.165, 1.54) is 7.11 Å². The molecule has 2 N–H and O–H groups in total. The van der Waals surface area contributed by atoms with Crippen LogP contribution >= 0.6 is 23.2 Å². The monoisotopic (exact) mass is 359 g/mol. The quantitative estimate of drug-likeness (QED) is 0.653. The number of para-hydroxylation sites is 1. The van der Waals surface area contributed by atoms with Crippen molar-refractivity contribution in [1.29, 1.82) is 0 Å². The average molecular weight is 360 g/mol. The molecule has 4 rings (SSSR count). The Kier molecular flexibility index (Phi) is 3.48. The summed E-state index contributed by atoms with van der Waals surface area (Å²) in [5, 5.41) is 16.0. The Balaban J connectivity index is 2.00. The van der Waals surface area contributed by atoms with Crippen LogP contribution in [0.3, 0.4) is 0 Å². The molecule has 0 saturated carbocycles. The van der Waals surface area contributed by atoms with Gasteiger partial charge in [0.25, 0.3) is 0 Å². The average Bonchev–Trinajstić information content (AvgIpc) is 3.06. The van der Waals surface area contributed by atoms with Crippen LogP contribution in [-0.2, 0) is 4.84 Å². The van der Waals surface area contributed by atoms with Crippen LogP contribution in [0.5, 0.6) is 5.88 Å². The summed E-state index contributed by atoms with van der Waals surface area (Å²) >= 11 is 12.2. The molecule has 3 aromatic rings. The lowest BCUT2D eigenvalue weighted by atomic mass is 10.0. The summed E-state index contributed by atoms with van der Waals surface area (Å²) in [5.41, 5.74) is 3.83. The minimum atomic E-state index is -0.0290. The van der Waals surface area contributed by atoms with E-state index in [2.05, 4.69) is 15.1 Å². The molecule has 2 heterocycles. The number of rotatable bonds is 2. The maximum Gasteiger partial charge on any atom is 0.199 e. The van der Waals surface area contributed by atoms with E-state index in [-0.39, 0.29) is 5.88 Å². The summed E-state index contributed by atoms with van der Waals surface area (Å²) in [4.78, 5) is 12.5. The molecule has 1 aromatic heterocycles. The number of fused-ring (bicyclic) bond motifs is 2. The SMILES string of the molecule is CON=C1C(c2c(O)[nH]c3cc(Cl)c(Cl)cc23)=Nc2ccccc21. The summed E-state index contributed by atoms with van der Waals surface area (Å²) in [6, 6.07) is 10.9. The first kappa shape index (κ1) is 15.1. The molecule has 2 aromatic carbocycles. The zero-order valence-corrected chi connectivity index (χ0v) is 14.0. The molecular weight excluding hydrogens is 349 g/mol. The molecule has 0 bridgehead atoms. The number of hydrogen-bond donors (Lipinski definition) is 2. The molecule has 5 nitrogen and oxygen atoms in total. The van der Waals surface area contributed by atoms with E-state index in [9.17, 15) is 5.11 Å². The number of benzene rings is 2. The highest BCUT2D eigenvalue weighted by molar-refractivity contribution is 6.58. The third-order valence-corrected chi connectivity index (χ3v) is 4.58. The zero-order valence-electron chi connectivity index (χ0n) is 12.5. The molecule has 0 unspecified atom stereocenters. The van der Waals surface area contributed by atoms with E-state index in [1.807, 2.05) is 24.3 Å². The fourth-order valence-corrected chi connectivity index (χ4v) is 3.17. The highest BCUT2D eigenvalue weighted by Crippen LogP contribution is 2.38. The maximum atomic E-state index is 10.4. The maximum absolute atomic E-state index is 10.4. The normalized spacial score (nSPS) is 15.0. The van der Waals surface area contributed by atoms with Crippen LogP contribution in [0.15, 0.2) is 46.5 Å². The van der Waals surface area contributed by atoms with Gasteiger partial charge in [-0.25, -0.2) is 4.99 Å². The van der Waals surface area contributed by atoms with Gasteiger partial charge in [-0.1, -0.05) is 46.6 Å². The van der Waals surface area contributed by atoms with Crippen molar-refractivity contribution < 1.29 is 9.94 Å². The number of oxime groups is 1. The van der Waals surface area contributed by atoms with Crippen LogP contribution in [0.25, 0.3) is 10.9 Å². The van der Waals surface area contributed by atoms with Crippen molar-refractivity contribution in [3.63, 3.8) is 0 Å². The highest BCUT2D eigenvalue weighted by atomic mass is 35.5. The van der Waals surface area contributed by atoms with Gasteiger partial charge in [0.1, 0.15) is 18.5 Å². The topological polar surface area (TPSA) is 70.0 Å². The lowest BCUT2D eigenvalue weighted by Crippen LogP contribution is -2.13. The fraction of sp³-hybridized carbons (Fsp3) is 0.0588. The molecule has 7 heteroatoms. The van der Waals surface area contributed by atoms with E-state index in [1.54, 1.807) is 12.1 Å². The summed E-state index contributed by atoms with van der Waals surface area (Å²) < 4.78 is 0. The van der Waals surface area contributed by atoms with E-state index in [0.717, 1.165) is 11.3 Å². The van der Waals surface area contributed by atoms with Crippen molar-refractivity contribution in [3.8, 4) is 5.88 Å². The van der Waals surface area contributed by atoms with Gasteiger partial charge in [0.05, 0.1) is 26.8 Å². The first-order chi connectivity index (χ1) is 11.6. The first-order valence-electron chi connectivity index (χ1n) is 7.10. The van der Waals surface area contributed by atoms with Gasteiger partial charge in [-0.3, -0.25) is 0 Å². The van der Waals surface area contributed by atoms with Crippen molar-refractivity contribution in [3.05, 3.63) is 57.6 Å². The number of aliphatic imine (C=N–C) groups is 1. The Labute approximate surface area is 147 Å². The molecule has 1 aliphatic heterocycles. The van der Waals surface area contributed by atoms with Crippen LogP contribution < -0.4 is 0 Å². The van der Waals surface area contributed by atoms with Gasteiger partial charge in [-0.05, 0) is 18.2 Å². The molecule has 0 atom stereocenters. The molecule has 120 valence electrons. The second-order valence-corrected chi connectivity index (χ2v) is 6.07. The summed E-state index contributed by atoms with van der Waals surface area (Å²) in [7, 11) is 1.47. The molecule has 0 aliphatic carbocycles. The highest BCUT2D eigenvalue weighted by Gasteiger charge is 2.29. The largest absolute Gasteiger partial charge is 0.494 e. The van der Waals surface area contributed by atoms with Crippen LogP contribution in [0.1, 0.15) is 11.1 Å². The Morgan fingerprint density at radius 1 is 1.17 bits per heavy atom. The van der Waals surface area contributed by atoms with Gasteiger partial charge < -0.3 is 14.9 Å². The van der Waals surface area contributed by atoms with Gasteiger partial charge in [-0.15, -0.1) is 0 Å². The molecule has 1 aliphatic rings. The Hall–Kier alpha value is -2.50. The van der Waals surface area contributed by atoms with Crippen LogP contribution in [0, 0.1) is 0 Å². The van der Waals surface area contributed by atoms with Crippen LogP contribution in [0.2, 0.25) is 10.0 Å². The lowest BCUT2D eigenvalue weighted by molar-refractivity contribution is 0.214. The minimum Gasteiger partial charge on any atom is -0.494 e. The lowest BCUT2D eigenvalue weighted by Gasteiger charge is -2.04. The van der Waals surface area contributed by atoms with Crippen molar-refractivity contribution in [1.82, 2.24) is 4.98 Å². The molecule has 0 saturated heterocycles. The predicted octanol–water partition coefficient (Wildman–Crippen LogP) is 4.67. The smallest absolute Gasteiger partial charge is 0.199 e. The number of hydrogen-bond acceptors (Lipinski definition) is 4. The second-order valence-electron chi connectivity index (χ2n) is 5.26. The number of nitrogens with zero attached hydrogens (tertiary/aromatic N) is 2. The zero-order chi connectivity index (χ0) is 16.8. The van der Waals surface area contributed by atoms with Crippen LogP contribution in [0.4, 0.5) is 5.69 Å². The Morgan fingerprint density at radius 2 is 1.92 bits per heavy atom. The number of halogens is 2. The number of aromatic hydroxyl groups is 1. The Bertz CT molecular complexity index is 1040. The molecule has 0 fully saturated rings. The summed E-state index contributed by atoms with van der Waals surface area (Å²) in [6.07, 6.45) is 0. The fourth-order valence-electron chi connectivity index (χ4n) is 2.84. The van der Waals surface area contributed by atoms with Gasteiger partial charge in [0.15, 0.2) is 5.88 Å². The summed E-state index contributed by atoms with van der Waals surface area (Å²) in [5.74, 6) is -0.0290. The van der Waals surface area contributed by atoms with E-state index >= 15 is 0 Å². The predicted molar refractivity (Wildman–Crippen MR) is 96.2 cm³/mol. The molecule has 24 heavy (non-hydrogen) atoms. The Morgan fingerprint density at radius 3 is 2.71 bits per heavy atom. The number of nitrogens with one attached hydrogen (secondary N) is 1. The summed E-state index contributed by atoms with van der Waals surface area (Å²) in [6.45, 7) is 0. The van der Waals surface area contributed by atoms with E-state index < -0.39 is 0 Å².